The van der Waals surface area contributed by atoms with E-state index in [0.717, 1.165) is 5.56 Å². The fourth-order valence-corrected chi connectivity index (χ4v) is 3.12. The van der Waals surface area contributed by atoms with Crippen LogP contribution >= 0.6 is 0 Å². The molecule has 0 aliphatic carbocycles. The van der Waals surface area contributed by atoms with E-state index in [4.69, 9.17) is 0 Å². The molecule has 1 atom stereocenters. The molecule has 6 heteroatoms. The maximum absolute atomic E-state index is 12.3. The predicted molar refractivity (Wildman–Crippen MR) is 79.9 cm³/mol. The van der Waals surface area contributed by atoms with Crippen LogP contribution in [0, 0.1) is 17.0 Å². The molecule has 0 heterocycles. The number of hydrogen-bond donors (Lipinski definition) is 0. The molecule has 0 spiro atoms. The summed E-state index contributed by atoms with van der Waals surface area (Å²) in [6, 6.07) is 12.8. The van der Waals surface area contributed by atoms with Crippen LogP contribution in [-0.4, -0.2) is 20.7 Å². The summed E-state index contributed by atoms with van der Waals surface area (Å²) in [6.45, 7) is 1.79. The second-order valence-electron chi connectivity index (χ2n) is 4.45. The number of nitro groups is 1. The van der Waals surface area contributed by atoms with Gasteiger partial charge in [-0.05, 0) is 18.6 Å². The van der Waals surface area contributed by atoms with Crippen molar-refractivity contribution in [3.8, 4) is 0 Å². The Morgan fingerprint density at radius 3 is 2.43 bits per heavy atom. The van der Waals surface area contributed by atoms with Crippen LogP contribution < -0.4 is 0 Å². The van der Waals surface area contributed by atoms with Crippen LogP contribution in [0.2, 0.25) is 0 Å². The molecule has 0 amide bonds. The van der Waals surface area contributed by atoms with Gasteiger partial charge < -0.3 is 0 Å². The Labute approximate surface area is 124 Å². The van der Waals surface area contributed by atoms with Gasteiger partial charge in [-0.1, -0.05) is 36.4 Å². The van der Waals surface area contributed by atoms with Crippen molar-refractivity contribution in [3.05, 3.63) is 69.8 Å². The topological polar surface area (TPSA) is 77.3 Å². The number of benzene rings is 2. The highest BCUT2D eigenvalue weighted by molar-refractivity contribution is 7.86. The van der Waals surface area contributed by atoms with Gasteiger partial charge in [0.15, 0.2) is 5.78 Å². The standard InChI is InChI=1S/C15H13NO4S/c1-11-6-2-3-7-12(11)14(17)10-21(20)15-9-5-4-8-13(15)16(18)19/h2-9H,10H2,1H3. The van der Waals surface area contributed by atoms with Gasteiger partial charge in [-0.3, -0.25) is 19.1 Å². The molecule has 1 unspecified atom stereocenters. The van der Waals surface area contributed by atoms with Gasteiger partial charge in [0, 0.05) is 11.6 Å². The average Bonchev–Trinajstić information content (AvgIpc) is 2.47. The Balaban J connectivity index is 2.25. The van der Waals surface area contributed by atoms with E-state index in [-0.39, 0.29) is 22.1 Å². The van der Waals surface area contributed by atoms with Gasteiger partial charge in [0.25, 0.3) is 5.69 Å². The molecule has 2 rings (SSSR count). The number of aryl methyl sites for hydroxylation is 1. The normalized spacial score (nSPS) is 11.9. The molecule has 0 saturated carbocycles. The van der Waals surface area contributed by atoms with Crippen molar-refractivity contribution in [1.29, 1.82) is 0 Å². The number of ketones is 1. The largest absolute Gasteiger partial charge is 0.293 e. The van der Waals surface area contributed by atoms with E-state index in [0.29, 0.717) is 5.56 Å². The zero-order valence-corrected chi connectivity index (χ0v) is 12.1. The number of nitrogens with zero attached hydrogens (tertiary/aromatic N) is 1. The minimum Gasteiger partial charge on any atom is -0.293 e. The fourth-order valence-electron chi connectivity index (χ4n) is 1.96. The molecular formula is C15H13NO4S. The van der Waals surface area contributed by atoms with Crippen molar-refractivity contribution < 1.29 is 13.9 Å². The van der Waals surface area contributed by atoms with Crippen LogP contribution in [0.1, 0.15) is 15.9 Å². The number of carbonyl (C=O) groups is 1. The molecule has 0 radical (unpaired) electrons. The fraction of sp³-hybridized carbons (Fsp3) is 0.133. The van der Waals surface area contributed by atoms with Crippen LogP contribution in [0.5, 0.6) is 0 Å². The van der Waals surface area contributed by atoms with E-state index < -0.39 is 15.7 Å². The highest BCUT2D eigenvalue weighted by Gasteiger charge is 2.21. The van der Waals surface area contributed by atoms with Crippen LogP contribution in [0.4, 0.5) is 5.69 Å². The summed E-state index contributed by atoms with van der Waals surface area (Å²) in [7, 11) is -1.75. The monoisotopic (exact) mass is 303 g/mol. The Kier molecular flexibility index (Phi) is 4.59. The molecule has 0 aliphatic rings. The molecule has 0 N–H and O–H groups in total. The molecule has 21 heavy (non-hydrogen) atoms. The highest BCUT2D eigenvalue weighted by Crippen LogP contribution is 2.22. The van der Waals surface area contributed by atoms with E-state index in [2.05, 4.69) is 0 Å². The summed E-state index contributed by atoms with van der Waals surface area (Å²) in [5.41, 5.74) is 1.06. The smallest absolute Gasteiger partial charge is 0.285 e. The van der Waals surface area contributed by atoms with E-state index in [1.807, 2.05) is 6.07 Å². The molecule has 2 aromatic carbocycles. The van der Waals surface area contributed by atoms with Gasteiger partial charge in [0.1, 0.15) is 4.90 Å². The van der Waals surface area contributed by atoms with E-state index in [1.54, 1.807) is 31.2 Å². The summed E-state index contributed by atoms with van der Waals surface area (Å²) in [5.74, 6) is -0.556. The number of para-hydroxylation sites is 1. The first-order valence-electron chi connectivity index (χ1n) is 6.21. The van der Waals surface area contributed by atoms with Gasteiger partial charge in [-0.25, -0.2) is 0 Å². The number of Topliss-reactive ketones (excluding diaryl/α,β-unsaturated/α-hetero) is 1. The lowest BCUT2D eigenvalue weighted by Gasteiger charge is -2.05. The van der Waals surface area contributed by atoms with Crippen LogP contribution in [0.3, 0.4) is 0 Å². The van der Waals surface area contributed by atoms with E-state index >= 15 is 0 Å². The number of carbonyl (C=O) groups excluding carboxylic acids is 1. The summed E-state index contributed by atoms with van der Waals surface area (Å²) < 4.78 is 12.3. The van der Waals surface area contributed by atoms with Gasteiger partial charge in [-0.2, -0.15) is 0 Å². The van der Waals surface area contributed by atoms with Gasteiger partial charge in [0.2, 0.25) is 0 Å². The Bertz CT molecular complexity index is 727. The molecular weight excluding hydrogens is 290 g/mol. The summed E-state index contributed by atoms with van der Waals surface area (Å²) in [6.07, 6.45) is 0. The zero-order chi connectivity index (χ0) is 15.4. The lowest BCUT2D eigenvalue weighted by atomic mass is 10.1. The molecule has 5 nitrogen and oxygen atoms in total. The summed E-state index contributed by atoms with van der Waals surface area (Å²) in [5, 5.41) is 10.9. The second-order valence-corrected chi connectivity index (χ2v) is 5.87. The maximum Gasteiger partial charge on any atom is 0.285 e. The summed E-state index contributed by atoms with van der Waals surface area (Å²) in [4.78, 5) is 22.6. The van der Waals surface area contributed by atoms with E-state index in [9.17, 15) is 19.1 Å². The van der Waals surface area contributed by atoms with Crippen molar-refractivity contribution in [1.82, 2.24) is 0 Å². The highest BCUT2D eigenvalue weighted by atomic mass is 32.2. The number of nitro benzene ring substituents is 1. The molecule has 0 bridgehead atoms. The average molecular weight is 303 g/mol. The lowest BCUT2D eigenvalue weighted by Crippen LogP contribution is -2.13. The van der Waals surface area contributed by atoms with Crippen molar-refractivity contribution in [2.24, 2.45) is 0 Å². The van der Waals surface area contributed by atoms with Gasteiger partial charge in [-0.15, -0.1) is 0 Å². The van der Waals surface area contributed by atoms with Crippen molar-refractivity contribution in [3.63, 3.8) is 0 Å². The van der Waals surface area contributed by atoms with Crippen molar-refractivity contribution in [2.75, 3.05) is 5.75 Å². The molecule has 0 aromatic heterocycles. The first-order valence-corrected chi connectivity index (χ1v) is 7.53. The number of rotatable bonds is 5. The molecule has 0 aliphatic heterocycles. The first kappa shape index (κ1) is 15.1. The molecule has 108 valence electrons. The number of hydrogen-bond acceptors (Lipinski definition) is 4. The first-order chi connectivity index (χ1) is 10.0. The third-order valence-electron chi connectivity index (χ3n) is 3.01. The van der Waals surface area contributed by atoms with E-state index in [1.165, 1.54) is 18.2 Å². The van der Waals surface area contributed by atoms with Crippen molar-refractivity contribution >= 4 is 22.3 Å². The Morgan fingerprint density at radius 2 is 1.76 bits per heavy atom. The molecule has 0 saturated heterocycles. The Morgan fingerprint density at radius 1 is 1.14 bits per heavy atom. The van der Waals surface area contributed by atoms with Gasteiger partial charge >= 0.3 is 0 Å². The van der Waals surface area contributed by atoms with Gasteiger partial charge in [0.05, 0.1) is 21.5 Å². The second kappa shape index (κ2) is 6.41. The van der Waals surface area contributed by atoms with Crippen LogP contribution in [0.25, 0.3) is 0 Å². The third kappa shape index (κ3) is 3.41. The van der Waals surface area contributed by atoms with Crippen molar-refractivity contribution in [2.45, 2.75) is 11.8 Å². The zero-order valence-electron chi connectivity index (χ0n) is 11.3. The quantitative estimate of drug-likeness (QED) is 0.483. The van der Waals surface area contributed by atoms with Crippen LogP contribution in [-0.2, 0) is 10.8 Å². The van der Waals surface area contributed by atoms with Crippen LogP contribution in [0.15, 0.2) is 53.4 Å². The summed E-state index contributed by atoms with van der Waals surface area (Å²) >= 11 is 0. The Hall–Kier alpha value is -2.34. The predicted octanol–water partition coefficient (Wildman–Crippen LogP) is 2.89. The third-order valence-corrected chi connectivity index (χ3v) is 4.38. The maximum atomic E-state index is 12.3. The SMILES string of the molecule is Cc1ccccc1C(=O)CS(=O)c1ccccc1[N+](=O)[O-]. The lowest BCUT2D eigenvalue weighted by molar-refractivity contribution is -0.387. The molecule has 0 fully saturated rings. The molecule has 2 aromatic rings. The minimum absolute atomic E-state index is 0.0736. The minimum atomic E-state index is -1.75.